The monoisotopic (exact) mass is 486 g/mol. The van der Waals surface area contributed by atoms with E-state index in [1.807, 2.05) is 0 Å². The molecule has 30 heavy (non-hydrogen) atoms. The fourth-order valence-corrected chi connectivity index (χ4v) is 3.10. The number of rotatable bonds is 6. The molecule has 3 rings (SSSR count). The topological polar surface area (TPSA) is 88.0 Å². The van der Waals surface area contributed by atoms with Gasteiger partial charge in [0.25, 0.3) is 5.91 Å². The predicted molar refractivity (Wildman–Crippen MR) is 118 cm³/mol. The number of amides is 1. The molecule has 0 radical (unpaired) electrons. The minimum atomic E-state index is -1.36. The molecule has 0 aromatic heterocycles. The molecule has 0 saturated heterocycles. The Morgan fingerprint density at radius 3 is 2.50 bits per heavy atom. The zero-order valence-electron chi connectivity index (χ0n) is 15.5. The van der Waals surface area contributed by atoms with Gasteiger partial charge in [-0.15, -0.1) is 0 Å². The molecule has 2 N–H and O–H groups in total. The molecule has 0 spiro atoms. The van der Waals surface area contributed by atoms with Gasteiger partial charge in [0.05, 0.1) is 16.8 Å². The first-order valence-corrected chi connectivity index (χ1v) is 9.95. The lowest BCUT2D eigenvalue weighted by atomic mass is 10.1. The summed E-state index contributed by atoms with van der Waals surface area (Å²) in [6.07, 6.45) is -0.0429. The van der Waals surface area contributed by atoms with Gasteiger partial charge in [0.1, 0.15) is 5.75 Å². The predicted octanol–water partition coefficient (Wildman–Crippen LogP) is 4.51. The number of aliphatic hydroxyl groups excluding tert-OH is 1. The number of nitrogens with zero attached hydrogens (tertiary/aromatic N) is 1. The Kier molecular flexibility index (Phi) is 7.35. The third kappa shape index (κ3) is 5.54. The zero-order valence-corrected chi connectivity index (χ0v) is 17.8. The summed E-state index contributed by atoms with van der Waals surface area (Å²) in [5.74, 6) is -1.09. The van der Waals surface area contributed by atoms with E-state index >= 15 is 0 Å². The number of nitrogens with one attached hydrogen (secondary N) is 1. The number of ether oxygens (including phenoxy) is 1. The van der Waals surface area contributed by atoms with Gasteiger partial charge in [-0.3, -0.25) is 4.79 Å². The van der Waals surface area contributed by atoms with E-state index in [9.17, 15) is 14.7 Å². The lowest BCUT2D eigenvalue weighted by molar-refractivity contribution is -0.129. The van der Waals surface area contributed by atoms with Gasteiger partial charge < -0.3 is 9.84 Å². The minimum Gasteiger partial charge on any atom is -0.422 e. The van der Waals surface area contributed by atoms with Crippen LogP contribution in [0.3, 0.4) is 0 Å². The van der Waals surface area contributed by atoms with Gasteiger partial charge in [-0.05, 0) is 35.9 Å². The van der Waals surface area contributed by atoms with Crippen LogP contribution in [0.1, 0.15) is 27.6 Å². The molecule has 0 bridgehead atoms. The van der Waals surface area contributed by atoms with Crippen LogP contribution in [0.4, 0.5) is 0 Å². The second kappa shape index (κ2) is 10.2. The van der Waals surface area contributed by atoms with Crippen LogP contribution >= 0.6 is 27.5 Å². The van der Waals surface area contributed by atoms with E-state index in [1.165, 1.54) is 6.21 Å². The van der Waals surface area contributed by atoms with Crippen LogP contribution in [-0.4, -0.2) is 23.2 Å². The third-order valence-corrected chi connectivity index (χ3v) is 4.83. The van der Waals surface area contributed by atoms with Crippen molar-refractivity contribution < 1.29 is 19.4 Å². The summed E-state index contributed by atoms with van der Waals surface area (Å²) in [6, 6.07) is 20.0. The molecule has 0 aliphatic carbocycles. The molecule has 3 aromatic rings. The Morgan fingerprint density at radius 2 is 1.77 bits per heavy atom. The minimum absolute atomic E-state index is 0.226. The van der Waals surface area contributed by atoms with E-state index in [1.54, 1.807) is 72.8 Å². The summed E-state index contributed by atoms with van der Waals surface area (Å²) in [4.78, 5) is 24.5. The van der Waals surface area contributed by atoms with Gasteiger partial charge in [-0.1, -0.05) is 70.0 Å². The Bertz CT molecular complexity index is 1090. The van der Waals surface area contributed by atoms with Gasteiger partial charge in [0.15, 0.2) is 6.10 Å². The average Bonchev–Trinajstić information content (AvgIpc) is 2.75. The van der Waals surface area contributed by atoms with Crippen molar-refractivity contribution in [2.24, 2.45) is 5.10 Å². The molecule has 0 fully saturated rings. The van der Waals surface area contributed by atoms with Crippen LogP contribution < -0.4 is 10.2 Å². The van der Waals surface area contributed by atoms with E-state index in [2.05, 4.69) is 26.5 Å². The van der Waals surface area contributed by atoms with E-state index in [0.29, 0.717) is 11.1 Å². The van der Waals surface area contributed by atoms with Crippen LogP contribution in [0.25, 0.3) is 0 Å². The maximum absolute atomic E-state index is 12.4. The summed E-state index contributed by atoms with van der Waals surface area (Å²) < 4.78 is 6.16. The second-order valence-electron chi connectivity index (χ2n) is 6.10. The van der Waals surface area contributed by atoms with Crippen LogP contribution in [0, 0.1) is 0 Å². The van der Waals surface area contributed by atoms with Gasteiger partial charge >= 0.3 is 5.97 Å². The van der Waals surface area contributed by atoms with Gasteiger partial charge in [-0.25, -0.2) is 10.2 Å². The maximum atomic E-state index is 12.4. The van der Waals surface area contributed by atoms with E-state index in [0.717, 1.165) is 4.47 Å². The Hall–Kier alpha value is -3.00. The lowest BCUT2D eigenvalue weighted by Crippen LogP contribution is -2.25. The number of carbonyl (C=O) groups excluding carboxylic acids is 2. The largest absolute Gasteiger partial charge is 0.422 e. The molecule has 152 valence electrons. The number of esters is 1. The van der Waals surface area contributed by atoms with Gasteiger partial charge in [0, 0.05) is 10.0 Å². The molecular weight excluding hydrogens is 472 g/mol. The first-order valence-electron chi connectivity index (χ1n) is 8.78. The van der Waals surface area contributed by atoms with Crippen molar-refractivity contribution in [3.63, 3.8) is 0 Å². The SMILES string of the molecule is O=C(Oc1ccc(Br)cc1C=NNC(=O)C(O)c1ccccc1)c1ccccc1Cl. The van der Waals surface area contributed by atoms with Gasteiger partial charge in [0.2, 0.25) is 0 Å². The van der Waals surface area contributed by atoms with Gasteiger partial charge in [-0.2, -0.15) is 5.10 Å². The summed E-state index contributed by atoms with van der Waals surface area (Å²) in [5.41, 5.74) is 3.38. The molecule has 0 heterocycles. The van der Waals surface area contributed by atoms with E-state index in [4.69, 9.17) is 16.3 Å². The second-order valence-corrected chi connectivity index (χ2v) is 7.42. The van der Waals surface area contributed by atoms with Crippen molar-refractivity contribution in [2.75, 3.05) is 0 Å². The number of halogens is 2. The summed E-state index contributed by atoms with van der Waals surface area (Å²) in [5, 5.41) is 14.2. The number of hydrogen-bond donors (Lipinski definition) is 2. The normalized spacial score (nSPS) is 11.8. The highest BCUT2D eigenvalue weighted by Crippen LogP contribution is 2.24. The van der Waals surface area contributed by atoms with Crippen molar-refractivity contribution in [3.8, 4) is 5.75 Å². The highest BCUT2D eigenvalue weighted by atomic mass is 79.9. The Morgan fingerprint density at radius 1 is 1.07 bits per heavy atom. The standard InChI is InChI=1S/C22H16BrClN2O4/c23-16-10-11-19(30-22(29)17-8-4-5-9-18(17)24)15(12-16)13-25-26-21(28)20(27)14-6-2-1-3-7-14/h1-13,20,27H,(H,26,28). The fraction of sp³-hybridized carbons (Fsp3) is 0.0455. The molecule has 1 amide bonds. The number of benzene rings is 3. The van der Waals surface area contributed by atoms with Crippen LogP contribution in [0.5, 0.6) is 5.75 Å². The molecule has 0 saturated carbocycles. The number of hydrazone groups is 1. The third-order valence-electron chi connectivity index (χ3n) is 4.01. The number of hydrogen-bond acceptors (Lipinski definition) is 5. The lowest BCUT2D eigenvalue weighted by Gasteiger charge is -2.10. The van der Waals surface area contributed by atoms with Crippen LogP contribution in [-0.2, 0) is 4.79 Å². The summed E-state index contributed by atoms with van der Waals surface area (Å²) in [7, 11) is 0. The average molecular weight is 488 g/mol. The first-order chi connectivity index (χ1) is 14.5. The van der Waals surface area contributed by atoms with Crippen LogP contribution in [0.15, 0.2) is 82.4 Å². The van der Waals surface area contributed by atoms with E-state index < -0.39 is 18.0 Å². The quantitative estimate of drug-likeness (QED) is 0.232. The summed E-state index contributed by atoms with van der Waals surface area (Å²) >= 11 is 9.39. The molecule has 0 aliphatic heterocycles. The highest BCUT2D eigenvalue weighted by molar-refractivity contribution is 9.10. The molecule has 8 heteroatoms. The number of aliphatic hydroxyl groups is 1. The first kappa shape index (κ1) is 21.7. The van der Waals surface area contributed by atoms with Crippen molar-refractivity contribution in [1.29, 1.82) is 0 Å². The Labute approximate surface area is 186 Å². The smallest absolute Gasteiger partial charge is 0.345 e. The maximum Gasteiger partial charge on any atom is 0.345 e. The molecule has 6 nitrogen and oxygen atoms in total. The molecule has 1 atom stereocenters. The van der Waals surface area contributed by atoms with Crippen molar-refractivity contribution in [2.45, 2.75) is 6.10 Å². The van der Waals surface area contributed by atoms with Crippen LogP contribution in [0.2, 0.25) is 5.02 Å². The molecule has 1 unspecified atom stereocenters. The summed E-state index contributed by atoms with van der Waals surface area (Å²) in [6.45, 7) is 0. The number of carbonyl (C=O) groups is 2. The van der Waals surface area contributed by atoms with Crippen molar-refractivity contribution in [1.82, 2.24) is 5.43 Å². The molecular formula is C22H16BrClN2O4. The Balaban J connectivity index is 1.73. The fourth-order valence-electron chi connectivity index (χ4n) is 2.51. The van der Waals surface area contributed by atoms with Crippen molar-refractivity contribution >= 4 is 45.6 Å². The highest BCUT2D eigenvalue weighted by Gasteiger charge is 2.17. The van der Waals surface area contributed by atoms with Crippen molar-refractivity contribution in [3.05, 3.63) is 99.0 Å². The molecule has 3 aromatic carbocycles. The van der Waals surface area contributed by atoms with E-state index in [-0.39, 0.29) is 16.3 Å². The zero-order chi connectivity index (χ0) is 21.5. The molecule has 0 aliphatic rings.